The van der Waals surface area contributed by atoms with Crippen LogP contribution in [0.4, 0.5) is 0 Å². The van der Waals surface area contributed by atoms with Gasteiger partial charge in [0.05, 0.1) is 19.4 Å². The molecule has 1 aromatic heterocycles. The average molecular weight is 293 g/mol. The minimum Gasteiger partial charge on any atom is -0.497 e. The van der Waals surface area contributed by atoms with Crippen molar-refractivity contribution in [1.29, 1.82) is 0 Å². The third-order valence-corrected chi connectivity index (χ3v) is 3.78. The van der Waals surface area contributed by atoms with Gasteiger partial charge in [-0.15, -0.1) is 11.3 Å². The number of ether oxygens (including phenoxy) is 2. The molecular formula is C13H15N3O3S. The van der Waals surface area contributed by atoms with Crippen LogP contribution in [0.5, 0.6) is 5.75 Å². The van der Waals surface area contributed by atoms with E-state index in [0.29, 0.717) is 10.6 Å². The standard InChI is InChI=1S/C13H15N3O3S/c1-18-7-10-11(12(17)16-14)20-13(15-10)8-4-3-5-9(6-8)19-2/h3-6H,7,14H2,1-2H3,(H,16,17). The van der Waals surface area contributed by atoms with Gasteiger partial charge in [0.25, 0.3) is 5.91 Å². The second kappa shape index (κ2) is 6.47. The van der Waals surface area contributed by atoms with Crippen molar-refractivity contribution in [2.24, 2.45) is 5.84 Å². The van der Waals surface area contributed by atoms with E-state index in [1.165, 1.54) is 11.3 Å². The molecule has 0 saturated heterocycles. The smallest absolute Gasteiger partial charge is 0.277 e. The van der Waals surface area contributed by atoms with Gasteiger partial charge in [-0.25, -0.2) is 10.8 Å². The third-order valence-electron chi connectivity index (χ3n) is 2.63. The number of hydrazine groups is 1. The number of nitrogens with one attached hydrogen (secondary N) is 1. The first-order chi connectivity index (χ1) is 9.69. The predicted molar refractivity (Wildman–Crippen MR) is 76.5 cm³/mol. The van der Waals surface area contributed by atoms with E-state index in [1.807, 2.05) is 24.3 Å². The van der Waals surface area contributed by atoms with Crippen molar-refractivity contribution in [2.45, 2.75) is 6.61 Å². The van der Waals surface area contributed by atoms with Crippen LogP contribution in [-0.2, 0) is 11.3 Å². The van der Waals surface area contributed by atoms with Gasteiger partial charge in [0.2, 0.25) is 0 Å². The van der Waals surface area contributed by atoms with Crippen LogP contribution in [0.2, 0.25) is 0 Å². The molecule has 1 amide bonds. The summed E-state index contributed by atoms with van der Waals surface area (Å²) in [5, 5.41) is 0.717. The van der Waals surface area contributed by atoms with Gasteiger partial charge in [-0.3, -0.25) is 10.2 Å². The molecule has 1 aromatic carbocycles. The van der Waals surface area contributed by atoms with Gasteiger partial charge in [-0.2, -0.15) is 0 Å². The number of hydrogen-bond donors (Lipinski definition) is 2. The largest absolute Gasteiger partial charge is 0.497 e. The lowest BCUT2D eigenvalue weighted by atomic mass is 10.2. The molecule has 1 heterocycles. The van der Waals surface area contributed by atoms with Gasteiger partial charge in [-0.1, -0.05) is 12.1 Å². The van der Waals surface area contributed by atoms with Crippen LogP contribution in [-0.4, -0.2) is 25.1 Å². The highest BCUT2D eigenvalue weighted by atomic mass is 32.1. The number of nitrogens with zero attached hydrogens (tertiary/aromatic N) is 1. The molecule has 20 heavy (non-hydrogen) atoms. The van der Waals surface area contributed by atoms with Gasteiger partial charge >= 0.3 is 0 Å². The van der Waals surface area contributed by atoms with Crippen LogP contribution >= 0.6 is 11.3 Å². The fourth-order valence-electron chi connectivity index (χ4n) is 1.71. The molecule has 2 rings (SSSR count). The van der Waals surface area contributed by atoms with Crippen LogP contribution in [0.1, 0.15) is 15.4 Å². The first kappa shape index (κ1) is 14.4. The Kier molecular flexibility index (Phi) is 4.67. The lowest BCUT2D eigenvalue weighted by Gasteiger charge is -2.01. The lowest BCUT2D eigenvalue weighted by molar-refractivity contribution is 0.0952. The molecule has 2 aromatic rings. The Morgan fingerprint density at radius 2 is 2.25 bits per heavy atom. The molecule has 0 unspecified atom stereocenters. The molecule has 0 radical (unpaired) electrons. The number of carbonyl (C=O) groups is 1. The lowest BCUT2D eigenvalue weighted by Crippen LogP contribution is -2.30. The zero-order valence-corrected chi connectivity index (χ0v) is 12.0. The summed E-state index contributed by atoms with van der Waals surface area (Å²) in [7, 11) is 3.15. The van der Waals surface area contributed by atoms with E-state index < -0.39 is 0 Å². The van der Waals surface area contributed by atoms with Crippen molar-refractivity contribution >= 4 is 17.2 Å². The molecule has 106 valence electrons. The molecule has 0 spiro atoms. The number of aromatic nitrogens is 1. The Morgan fingerprint density at radius 1 is 1.45 bits per heavy atom. The summed E-state index contributed by atoms with van der Waals surface area (Å²) in [6.45, 7) is 0.253. The molecule has 7 heteroatoms. The molecule has 0 bridgehead atoms. The molecule has 0 fully saturated rings. The highest BCUT2D eigenvalue weighted by Crippen LogP contribution is 2.30. The summed E-state index contributed by atoms with van der Waals surface area (Å²) in [4.78, 5) is 16.6. The van der Waals surface area contributed by atoms with Crippen LogP contribution < -0.4 is 16.0 Å². The van der Waals surface area contributed by atoms with Gasteiger partial charge < -0.3 is 9.47 Å². The van der Waals surface area contributed by atoms with Gasteiger partial charge in [0.15, 0.2) is 0 Å². The Morgan fingerprint density at radius 3 is 2.90 bits per heavy atom. The molecule has 0 aliphatic heterocycles. The quantitative estimate of drug-likeness (QED) is 0.496. The highest BCUT2D eigenvalue weighted by Gasteiger charge is 2.18. The molecule has 6 nitrogen and oxygen atoms in total. The van der Waals surface area contributed by atoms with E-state index in [0.717, 1.165) is 16.3 Å². The number of rotatable bonds is 5. The normalized spacial score (nSPS) is 10.3. The van der Waals surface area contributed by atoms with Crippen LogP contribution in [0, 0.1) is 0 Å². The van der Waals surface area contributed by atoms with E-state index in [1.54, 1.807) is 14.2 Å². The summed E-state index contributed by atoms with van der Waals surface area (Å²) in [5.74, 6) is 5.54. The summed E-state index contributed by atoms with van der Waals surface area (Å²) in [6, 6.07) is 7.48. The van der Waals surface area contributed by atoms with Crippen molar-refractivity contribution in [3.63, 3.8) is 0 Å². The Bertz CT molecular complexity index is 613. The molecule has 3 N–H and O–H groups in total. The monoisotopic (exact) mass is 293 g/mol. The summed E-state index contributed by atoms with van der Waals surface area (Å²) >= 11 is 1.27. The topological polar surface area (TPSA) is 86.5 Å². The Hall–Kier alpha value is -1.96. The van der Waals surface area contributed by atoms with Gasteiger partial charge in [0.1, 0.15) is 15.6 Å². The maximum absolute atomic E-state index is 11.7. The molecular weight excluding hydrogens is 278 g/mol. The fourth-order valence-corrected chi connectivity index (χ4v) is 2.68. The number of methoxy groups -OCH3 is 2. The Labute approximate surface area is 120 Å². The number of benzene rings is 1. The number of nitrogens with two attached hydrogens (primary N) is 1. The average Bonchev–Trinajstić information content (AvgIpc) is 2.91. The number of hydrogen-bond acceptors (Lipinski definition) is 6. The van der Waals surface area contributed by atoms with E-state index in [2.05, 4.69) is 10.4 Å². The molecule has 0 atom stereocenters. The SMILES string of the molecule is COCc1nc(-c2cccc(OC)c2)sc1C(=O)NN. The van der Waals surface area contributed by atoms with E-state index in [-0.39, 0.29) is 12.5 Å². The number of amides is 1. The molecule has 0 aliphatic rings. The van der Waals surface area contributed by atoms with Crippen molar-refractivity contribution < 1.29 is 14.3 Å². The van der Waals surface area contributed by atoms with Crippen LogP contribution in [0.25, 0.3) is 10.6 Å². The van der Waals surface area contributed by atoms with Gasteiger partial charge in [-0.05, 0) is 12.1 Å². The van der Waals surface area contributed by atoms with Crippen molar-refractivity contribution in [3.05, 3.63) is 34.8 Å². The van der Waals surface area contributed by atoms with Gasteiger partial charge in [0, 0.05) is 12.7 Å². The highest BCUT2D eigenvalue weighted by molar-refractivity contribution is 7.17. The van der Waals surface area contributed by atoms with Crippen LogP contribution in [0.3, 0.4) is 0 Å². The second-order valence-corrected chi connectivity index (χ2v) is 4.93. The Balaban J connectivity index is 2.43. The van der Waals surface area contributed by atoms with E-state index in [4.69, 9.17) is 15.3 Å². The van der Waals surface area contributed by atoms with Crippen molar-refractivity contribution in [3.8, 4) is 16.3 Å². The van der Waals surface area contributed by atoms with Crippen molar-refractivity contribution in [1.82, 2.24) is 10.4 Å². The molecule has 0 saturated carbocycles. The van der Waals surface area contributed by atoms with Crippen molar-refractivity contribution in [2.75, 3.05) is 14.2 Å². The maximum Gasteiger partial charge on any atom is 0.277 e. The number of thiazole rings is 1. The third kappa shape index (κ3) is 2.96. The first-order valence-corrected chi connectivity index (χ1v) is 6.65. The first-order valence-electron chi connectivity index (χ1n) is 5.83. The van der Waals surface area contributed by atoms with E-state index >= 15 is 0 Å². The second-order valence-electron chi connectivity index (χ2n) is 3.93. The van der Waals surface area contributed by atoms with E-state index in [9.17, 15) is 4.79 Å². The summed E-state index contributed by atoms with van der Waals surface area (Å²) in [6.07, 6.45) is 0. The zero-order chi connectivity index (χ0) is 14.5. The summed E-state index contributed by atoms with van der Waals surface area (Å²) < 4.78 is 10.2. The zero-order valence-electron chi connectivity index (χ0n) is 11.2. The minimum atomic E-state index is -0.372. The van der Waals surface area contributed by atoms with Crippen LogP contribution in [0.15, 0.2) is 24.3 Å². The maximum atomic E-state index is 11.7. The predicted octanol–water partition coefficient (Wildman–Crippen LogP) is 1.57. The number of nitrogen functional groups attached to an aromatic ring is 1. The minimum absolute atomic E-state index is 0.253. The summed E-state index contributed by atoms with van der Waals surface area (Å²) in [5.41, 5.74) is 3.56. The molecule has 0 aliphatic carbocycles. The number of carbonyl (C=O) groups excluding carboxylic acids is 1. The fraction of sp³-hybridized carbons (Fsp3) is 0.231.